The first-order valence-corrected chi connectivity index (χ1v) is 6.99. The predicted molar refractivity (Wildman–Crippen MR) is 82.0 cm³/mol. The fourth-order valence-electron chi connectivity index (χ4n) is 2.83. The van der Waals surface area contributed by atoms with Gasteiger partial charge in [-0.05, 0) is 12.1 Å². The minimum Gasteiger partial charge on any atom is -0.288 e. The molecule has 1 aliphatic rings. The molecule has 0 saturated heterocycles. The summed E-state index contributed by atoms with van der Waals surface area (Å²) in [6, 6.07) is 17.6. The lowest BCUT2D eigenvalue weighted by Crippen LogP contribution is -2.15. The minimum atomic E-state index is -0.368. The highest BCUT2D eigenvalue weighted by Gasteiger charge is 2.36. The number of nitriles is 1. The zero-order chi connectivity index (χ0) is 16.0. The first-order chi connectivity index (χ1) is 11.2. The number of fused-ring (bicyclic) bond motifs is 3. The van der Waals surface area contributed by atoms with Crippen molar-refractivity contribution in [1.29, 1.82) is 5.26 Å². The third-order valence-electron chi connectivity index (χ3n) is 3.86. The van der Waals surface area contributed by atoms with Crippen molar-refractivity contribution in [1.82, 2.24) is 9.78 Å². The molecule has 1 aromatic heterocycles. The smallest absolute Gasteiger partial charge is 0.278 e. The summed E-state index contributed by atoms with van der Waals surface area (Å²) >= 11 is 0. The second kappa shape index (κ2) is 4.75. The number of benzene rings is 2. The number of hydrogen-bond donors (Lipinski definition) is 0. The van der Waals surface area contributed by atoms with E-state index in [9.17, 15) is 14.9 Å². The Morgan fingerprint density at radius 1 is 1.00 bits per heavy atom. The van der Waals surface area contributed by atoms with E-state index in [0.717, 1.165) is 4.68 Å². The molecule has 0 fully saturated rings. The van der Waals surface area contributed by atoms with Crippen LogP contribution >= 0.6 is 0 Å². The molecule has 0 bridgehead atoms. The van der Waals surface area contributed by atoms with Crippen LogP contribution < -0.4 is 0 Å². The molecule has 4 rings (SSSR count). The second-order valence-corrected chi connectivity index (χ2v) is 5.14. The van der Waals surface area contributed by atoms with Gasteiger partial charge in [-0.25, -0.2) is 0 Å². The van der Waals surface area contributed by atoms with E-state index < -0.39 is 0 Å². The predicted octanol–water partition coefficient (Wildman–Crippen LogP) is 2.65. The molecule has 1 aliphatic carbocycles. The van der Waals surface area contributed by atoms with Crippen molar-refractivity contribution in [2.24, 2.45) is 0 Å². The topological polar surface area (TPSA) is 75.8 Å². The normalized spacial score (nSPS) is 11.7. The van der Waals surface area contributed by atoms with Gasteiger partial charge in [-0.2, -0.15) is 15.0 Å². The summed E-state index contributed by atoms with van der Waals surface area (Å²) in [5, 5.41) is 13.3. The van der Waals surface area contributed by atoms with Crippen LogP contribution in [0.25, 0.3) is 11.3 Å². The van der Waals surface area contributed by atoms with E-state index in [1.165, 1.54) is 0 Å². The highest BCUT2D eigenvalue weighted by Crippen LogP contribution is 2.38. The van der Waals surface area contributed by atoms with E-state index in [1.54, 1.807) is 48.5 Å². The minimum absolute atomic E-state index is 0.0227. The van der Waals surface area contributed by atoms with Crippen molar-refractivity contribution in [3.05, 3.63) is 77.0 Å². The Hall–Kier alpha value is -3.52. The van der Waals surface area contributed by atoms with E-state index >= 15 is 0 Å². The average molecular weight is 299 g/mol. The highest BCUT2D eigenvalue weighted by molar-refractivity contribution is 6.23. The van der Waals surface area contributed by atoms with Crippen LogP contribution in [0.1, 0.15) is 32.0 Å². The highest BCUT2D eigenvalue weighted by atomic mass is 16.2. The SMILES string of the molecule is N#Cc1nn(C(=O)c2ccccc2)c2c1C(=O)c1ccccc1-2. The van der Waals surface area contributed by atoms with E-state index in [1.807, 2.05) is 12.1 Å². The lowest BCUT2D eigenvalue weighted by molar-refractivity contribution is 0.0947. The zero-order valence-corrected chi connectivity index (χ0v) is 11.9. The Kier molecular flexibility index (Phi) is 2.72. The van der Waals surface area contributed by atoms with E-state index in [2.05, 4.69) is 5.10 Å². The molecule has 0 radical (unpaired) electrons. The van der Waals surface area contributed by atoms with Crippen LogP contribution in [0.15, 0.2) is 54.6 Å². The molecule has 0 amide bonds. The van der Waals surface area contributed by atoms with Crippen LogP contribution in [0.3, 0.4) is 0 Å². The first kappa shape index (κ1) is 13.2. The molecular weight excluding hydrogens is 290 g/mol. The summed E-state index contributed by atoms with van der Waals surface area (Å²) in [6.45, 7) is 0. The quantitative estimate of drug-likeness (QED) is 0.541. The number of carbonyl (C=O) groups excluding carboxylic acids is 2. The van der Waals surface area contributed by atoms with Gasteiger partial charge in [-0.15, -0.1) is 0 Å². The molecule has 3 aromatic rings. The maximum Gasteiger partial charge on any atom is 0.278 e. The summed E-state index contributed by atoms with van der Waals surface area (Å²) in [7, 11) is 0. The van der Waals surface area contributed by atoms with Crippen LogP contribution in [0.4, 0.5) is 0 Å². The number of rotatable bonds is 1. The molecule has 0 N–H and O–H groups in total. The third-order valence-corrected chi connectivity index (χ3v) is 3.86. The van der Waals surface area contributed by atoms with Gasteiger partial charge in [0.2, 0.25) is 0 Å². The van der Waals surface area contributed by atoms with Crippen molar-refractivity contribution >= 4 is 11.7 Å². The summed E-state index contributed by atoms with van der Waals surface area (Å²) in [5.74, 6) is -0.632. The zero-order valence-electron chi connectivity index (χ0n) is 11.9. The molecule has 0 saturated carbocycles. The number of ketones is 1. The van der Waals surface area contributed by atoms with E-state index in [4.69, 9.17) is 0 Å². The third kappa shape index (κ3) is 1.75. The van der Waals surface area contributed by atoms with Crippen LogP contribution in [0.2, 0.25) is 0 Å². The van der Waals surface area contributed by atoms with Gasteiger partial charge in [-0.1, -0.05) is 42.5 Å². The lowest BCUT2D eigenvalue weighted by Gasteiger charge is -2.05. The van der Waals surface area contributed by atoms with Crippen molar-refractivity contribution in [3.63, 3.8) is 0 Å². The van der Waals surface area contributed by atoms with Crippen LogP contribution in [-0.2, 0) is 0 Å². The number of nitrogens with zero attached hydrogens (tertiary/aromatic N) is 3. The standard InChI is InChI=1S/C18H9N3O2/c19-10-14-15-16(12-8-4-5-9-13(12)17(15)22)21(20-14)18(23)11-6-2-1-3-7-11/h1-9H. The fourth-order valence-corrected chi connectivity index (χ4v) is 2.83. The molecule has 0 aliphatic heterocycles. The first-order valence-electron chi connectivity index (χ1n) is 6.99. The second-order valence-electron chi connectivity index (χ2n) is 5.14. The Morgan fingerprint density at radius 3 is 2.35 bits per heavy atom. The van der Waals surface area contributed by atoms with Crippen molar-refractivity contribution < 1.29 is 9.59 Å². The van der Waals surface area contributed by atoms with Gasteiger partial charge in [0.15, 0.2) is 11.5 Å². The monoisotopic (exact) mass is 299 g/mol. The van der Waals surface area contributed by atoms with Gasteiger partial charge in [0.1, 0.15) is 6.07 Å². The summed E-state index contributed by atoms with van der Waals surface area (Å²) in [6.07, 6.45) is 0. The molecule has 0 spiro atoms. The number of carbonyl (C=O) groups is 2. The maximum atomic E-state index is 12.7. The summed E-state index contributed by atoms with van der Waals surface area (Å²) < 4.78 is 1.16. The van der Waals surface area contributed by atoms with Gasteiger partial charge in [-0.3, -0.25) is 9.59 Å². The Balaban J connectivity index is 2.00. The average Bonchev–Trinajstić information content (AvgIpc) is 3.13. The summed E-state index contributed by atoms with van der Waals surface area (Å²) in [4.78, 5) is 25.3. The van der Waals surface area contributed by atoms with Gasteiger partial charge in [0.05, 0.1) is 11.3 Å². The van der Waals surface area contributed by atoms with E-state index in [0.29, 0.717) is 22.4 Å². The van der Waals surface area contributed by atoms with Crippen molar-refractivity contribution in [2.75, 3.05) is 0 Å². The Bertz CT molecular complexity index is 1010. The van der Waals surface area contributed by atoms with Gasteiger partial charge in [0.25, 0.3) is 5.91 Å². The van der Waals surface area contributed by atoms with Gasteiger partial charge >= 0.3 is 0 Å². The van der Waals surface area contributed by atoms with Crippen LogP contribution in [0.5, 0.6) is 0 Å². The number of hydrogen-bond acceptors (Lipinski definition) is 4. The van der Waals surface area contributed by atoms with Crippen LogP contribution in [0, 0.1) is 11.3 Å². The van der Waals surface area contributed by atoms with Gasteiger partial charge in [0, 0.05) is 16.7 Å². The molecule has 1 heterocycles. The summed E-state index contributed by atoms with van der Waals surface area (Å²) in [5.41, 5.74) is 2.15. The van der Waals surface area contributed by atoms with Crippen molar-refractivity contribution in [3.8, 4) is 17.3 Å². The molecule has 0 atom stereocenters. The Morgan fingerprint density at radius 2 is 1.65 bits per heavy atom. The Labute approximate surface area is 131 Å². The fraction of sp³-hybridized carbons (Fsp3) is 0. The van der Waals surface area contributed by atoms with Crippen molar-refractivity contribution in [2.45, 2.75) is 0 Å². The molecule has 5 heteroatoms. The lowest BCUT2D eigenvalue weighted by atomic mass is 10.1. The largest absolute Gasteiger partial charge is 0.288 e. The molecule has 5 nitrogen and oxygen atoms in total. The van der Waals surface area contributed by atoms with Gasteiger partial charge < -0.3 is 0 Å². The molecule has 23 heavy (non-hydrogen) atoms. The van der Waals surface area contributed by atoms with Crippen LogP contribution in [-0.4, -0.2) is 21.5 Å². The molecule has 108 valence electrons. The molecule has 2 aromatic carbocycles. The molecule has 0 unspecified atom stereocenters. The number of aromatic nitrogens is 2. The van der Waals surface area contributed by atoms with E-state index in [-0.39, 0.29) is 22.9 Å². The maximum absolute atomic E-state index is 12.7. The molecular formula is C18H9N3O2.